The Labute approximate surface area is 194 Å². The second-order valence-electron chi connectivity index (χ2n) is 8.95. The van der Waals surface area contributed by atoms with E-state index in [1.807, 2.05) is 36.2 Å². The molecule has 0 radical (unpaired) electrons. The number of fused-ring (bicyclic) bond motifs is 1. The molecule has 0 spiro atoms. The minimum Gasteiger partial charge on any atom is -0.323 e. The minimum absolute atomic E-state index is 0.206. The normalized spacial score (nSPS) is 16.9. The van der Waals surface area contributed by atoms with Crippen LogP contribution in [-0.4, -0.2) is 51.9 Å². The van der Waals surface area contributed by atoms with Crippen LogP contribution < -0.4 is 10.2 Å². The zero-order valence-corrected chi connectivity index (χ0v) is 19.1. The average Bonchev–Trinajstić information content (AvgIpc) is 2.86. The van der Waals surface area contributed by atoms with E-state index in [2.05, 4.69) is 38.4 Å². The Balaban J connectivity index is 1.18. The van der Waals surface area contributed by atoms with Gasteiger partial charge in [0.2, 0.25) is 5.91 Å². The van der Waals surface area contributed by atoms with Crippen molar-refractivity contribution in [2.45, 2.75) is 38.5 Å². The summed E-state index contributed by atoms with van der Waals surface area (Å²) in [5.41, 5.74) is 4.44. The molecule has 1 N–H and O–H groups in total. The molecule has 5 rings (SSSR count). The average molecular weight is 443 g/mol. The molecular formula is C26H30N6O. The van der Waals surface area contributed by atoms with Gasteiger partial charge in [0.1, 0.15) is 11.6 Å². The van der Waals surface area contributed by atoms with Gasteiger partial charge in [0.05, 0.1) is 18.4 Å². The third kappa shape index (κ3) is 4.88. The molecule has 0 atom stereocenters. The molecule has 2 aromatic heterocycles. The highest BCUT2D eigenvalue weighted by molar-refractivity contribution is 5.96. The third-order valence-corrected chi connectivity index (χ3v) is 6.69. The van der Waals surface area contributed by atoms with E-state index in [0.717, 1.165) is 73.9 Å². The highest BCUT2D eigenvalue weighted by Crippen LogP contribution is 2.29. The van der Waals surface area contributed by atoms with Crippen LogP contribution in [0.25, 0.3) is 0 Å². The smallest absolute Gasteiger partial charge is 0.241 e. The summed E-state index contributed by atoms with van der Waals surface area (Å²) in [5, 5.41) is 3.29. The van der Waals surface area contributed by atoms with Crippen LogP contribution in [0.1, 0.15) is 42.0 Å². The lowest BCUT2D eigenvalue weighted by Gasteiger charge is -2.34. The standard InChI is InChI=1S/C26H30N6O/c1-19-6-4-12-28-26(19)30-24-17-27-16-22(29-24)20-10-14-31(15-11-20)18-25(33)32-13-5-8-21-7-2-3-9-23(21)32/h2-4,6-7,9,12,16-17,20H,5,8,10-11,13-15,18H2,1H3,(H,28,29,30). The Bertz CT molecular complexity index is 1130. The van der Waals surface area contributed by atoms with E-state index >= 15 is 0 Å². The van der Waals surface area contributed by atoms with Gasteiger partial charge in [0.25, 0.3) is 0 Å². The molecule has 0 saturated carbocycles. The first kappa shape index (κ1) is 21.5. The number of anilines is 3. The van der Waals surface area contributed by atoms with Gasteiger partial charge < -0.3 is 10.2 Å². The molecule has 2 aliphatic rings. The van der Waals surface area contributed by atoms with Crippen molar-refractivity contribution >= 4 is 23.2 Å². The number of hydrogen-bond acceptors (Lipinski definition) is 6. The van der Waals surface area contributed by atoms with Crippen LogP contribution in [0.15, 0.2) is 55.0 Å². The SMILES string of the molecule is Cc1cccnc1Nc1cncc(C2CCN(CC(=O)N3CCCc4ccccc43)CC2)n1. The number of nitrogens with zero attached hydrogens (tertiary/aromatic N) is 5. The summed E-state index contributed by atoms with van der Waals surface area (Å²) < 4.78 is 0. The number of carbonyl (C=O) groups is 1. The van der Waals surface area contributed by atoms with Crippen molar-refractivity contribution in [2.24, 2.45) is 0 Å². The van der Waals surface area contributed by atoms with Gasteiger partial charge in [-0.2, -0.15) is 0 Å². The highest BCUT2D eigenvalue weighted by Gasteiger charge is 2.27. The quantitative estimate of drug-likeness (QED) is 0.642. The van der Waals surface area contributed by atoms with Crippen molar-refractivity contribution in [3.8, 4) is 0 Å². The van der Waals surface area contributed by atoms with Crippen molar-refractivity contribution in [3.63, 3.8) is 0 Å². The van der Waals surface area contributed by atoms with Gasteiger partial charge in [0, 0.05) is 30.5 Å². The number of hydrogen-bond donors (Lipinski definition) is 1. The van der Waals surface area contributed by atoms with Crippen LogP contribution >= 0.6 is 0 Å². The van der Waals surface area contributed by atoms with Crippen molar-refractivity contribution in [3.05, 3.63) is 71.8 Å². The van der Waals surface area contributed by atoms with Gasteiger partial charge in [0.15, 0.2) is 0 Å². The molecular weight excluding hydrogens is 412 g/mol. The van der Waals surface area contributed by atoms with Crippen LogP contribution in [0, 0.1) is 6.92 Å². The zero-order valence-electron chi connectivity index (χ0n) is 19.1. The summed E-state index contributed by atoms with van der Waals surface area (Å²) in [6, 6.07) is 12.2. The number of piperidine rings is 1. The predicted molar refractivity (Wildman–Crippen MR) is 130 cm³/mol. The van der Waals surface area contributed by atoms with Crippen LogP contribution in [0.4, 0.5) is 17.3 Å². The molecule has 3 aromatic rings. The lowest BCUT2D eigenvalue weighted by atomic mass is 9.93. The van der Waals surface area contributed by atoms with E-state index in [0.29, 0.717) is 12.5 Å². The number of rotatable bonds is 5. The highest BCUT2D eigenvalue weighted by atomic mass is 16.2. The molecule has 1 fully saturated rings. The number of nitrogens with one attached hydrogen (secondary N) is 1. The molecule has 1 saturated heterocycles. The molecule has 4 heterocycles. The Kier molecular flexibility index (Phi) is 6.30. The van der Waals surface area contributed by atoms with Crippen LogP contribution in [0.2, 0.25) is 0 Å². The molecule has 33 heavy (non-hydrogen) atoms. The Morgan fingerprint density at radius 3 is 2.79 bits per heavy atom. The number of amides is 1. The molecule has 0 unspecified atom stereocenters. The molecule has 1 aromatic carbocycles. The molecule has 7 heteroatoms. The van der Waals surface area contributed by atoms with E-state index in [4.69, 9.17) is 4.98 Å². The number of aromatic nitrogens is 3. The van der Waals surface area contributed by atoms with E-state index in [9.17, 15) is 4.79 Å². The first-order valence-electron chi connectivity index (χ1n) is 11.8. The molecule has 170 valence electrons. The summed E-state index contributed by atoms with van der Waals surface area (Å²) >= 11 is 0. The third-order valence-electron chi connectivity index (χ3n) is 6.69. The molecule has 0 aliphatic carbocycles. The van der Waals surface area contributed by atoms with E-state index in [1.165, 1.54) is 5.56 Å². The van der Waals surface area contributed by atoms with Gasteiger partial charge in [-0.1, -0.05) is 24.3 Å². The minimum atomic E-state index is 0.206. The second-order valence-corrected chi connectivity index (χ2v) is 8.95. The maximum Gasteiger partial charge on any atom is 0.241 e. The van der Waals surface area contributed by atoms with Crippen molar-refractivity contribution in [2.75, 3.05) is 36.4 Å². The number of likely N-dealkylation sites (tertiary alicyclic amines) is 1. The first-order valence-corrected chi connectivity index (χ1v) is 11.8. The van der Waals surface area contributed by atoms with Gasteiger partial charge in [-0.15, -0.1) is 0 Å². The fourth-order valence-electron chi connectivity index (χ4n) is 4.83. The fraction of sp³-hybridized carbons (Fsp3) is 0.385. The molecule has 7 nitrogen and oxygen atoms in total. The zero-order chi connectivity index (χ0) is 22.6. The van der Waals surface area contributed by atoms with Gasteiger partial charge in [-0.3, -0.25) is 14.7 Å². The summed E-state index contributed by atoms with van der Waals surface area (Å²) in [6.07, 6.45) is 9.42. The summed E-state index contributed by atoms with van der Waals surface area (Å²) in [4.78, 5) is 30.9. The largest absolute Gasteiger partial charge is 0.323 e. The van der Waals surface area contributed by atoms with Crippen LogP contribution in [0.3, 0.4) is 0 Å². The monoisotopic (exact) mass is 442 g/mol. The summed E-state index contributed by atoms with van der Waals surface area (Å²) in [7, 11) is 0. The maximum absolute atomic E-state index is 13.1. The molecule has 2 aliphatic heterocycles. The van der Waals surface area contributed by atoms with E-state index < -0.39 is 0 Å². The second kappa shape index (κ2) is 9.67. The molecule has 0 bridgehead atoms. The van der Waals surface area contributed by atoms with Crippen molar-refractivity contribution < 1.29 is 4.79 Å². The summed E-state index contributed by atoms with van der Waals surface area (Å²) in [6.45, 7) is 5.10. The Morgan fingerprint density at radius 2 is 1.94 bits per heavy atom. The topological polar surface area (TPSA) is 74.2 Å². The first-order chi connectivity index (χ1) is 16.2. The Morgan fingerprint density at radius 1 is 1.09 bits per heavy atom. The van der Waals surface area contributed by atoms with Gasteiger partial charge >= 0.3 is 0 Å². The maximum atomic E-state index is 13.1. The summed E-state index contributed by atoms with van der Waals surface area (Å²) in [5.74, 6) is 2.08. The van der Waals surface area contributed by atoms with Gasteiger partial charge in [-0.25, -0.2) is 9.97 Å². The lowest BCUT2D eigenvalue weighted by Crippen LogP contribution is -2.45. The number of para-hydroxylation sites is 1. The predicted octanol–water partition coefficient (Wildman–Crippen LogP) is 4.08. The number of benzene rings is 1. The van der Waals surface area contributed by atoms with Crippen molar-refractivity contribution in [1.82, 2.24) is 19.9 Å². The number of carbonyl (C=O) groups excluding carboxylic acids is 1. The van der Waals surface area contributed by atoms with Crippen LogP contribution in [0.5, 0.6) is 0 Å². The van der Waals surface area contributed by atoms with Crippen LogP contribution in [-0.2, 0) is 11.2 Å². The lowest BCUT2D eigenvalue weighted by molar-refractivity contribution is -0.120. The van der Waals surface area contributed by atoms with Gasteiger partial charge in [-0.05, 0) is 69.0 Å². The van der Waals surface area contributed by atoms with E-state index in [-0.39, 0.29) is 5.91 Å². The van der Waals surface area contributed by atoms with Crippen molar-refractivity contribution in [1.29, 1.82) is 0 Å². The fourth-order valence-corrected chi connectivity index (χ4v) is 4.83. The van der Waals surface area contributed by atoms with E-state index in [1.54, 1.807) is 12.4 Å². The molecule has 1 amide bonds. The number of pyridine rings is 1. The Hall–Kier alpha value is -3.32. The number of aryl methyl sites for hydroxylation is 2.